The molecule has 0 saturated heterocycles. The average molecular weight is 736 g/mol. The summed E-state index contributed by atoms with van der Waals surface area (Å²) in [6.07, 6.45) is 0. The Hall–Kier alpha value is -7.83. The smallest absolute Gasteiger partial charge is 0.167 e. The van der Waals surface area contributed by atoms with Crippen LogP contribution in [0.4, 0.5) is 0 Å². The minimum absolute atomic E-state index is 0.0791. The Morgan fingerprint density at radius 1 is 0.404 bits per heavy atom. The number of benzene rings is 8. The topological polar surface area (TPSA) is 69.9 Å². The molecule has 6 nitrogen and oxygen atoms in total. The highest BCUT2D eigenvalue weighted by atomic mass is 16.3. The first kappa shape index (κ1) is 26.9. The van der Waals surface area contributed by atoms with Crippen LogP contribution in [-0.4, -0.2) is 19.5 Å². The molecule has 4 heterocycles. The lowest BCUT2D eigenvalue weighted by Crippen LogP contribution is -2.01. The van der Waals surface area contributed by atoms with Crippen molar-refractivity contribution < 1.29 is 15.7 Å². The Balaban J connectivity index is 1.18. The highest BCUT2D eigenvalue weighted by Crippen LogP contribution is 2.42. The first-order chi connectivity index (χ1) is 30.3. The molecule has 4 aromatic heterocycles. The van der Waals surface area contributed by atoms with Crippen molar-refractivity contribution in [3.8, 4) is 51.0 Å². The summed E-state index contributed by atoms with van der Waals surface area (Å²) in [5.74, 6) is 0.332. The molecule has 0 bridgehead atoms. The molecule has 0 radical (unpaired) electrons. The van der Waals surface area contributed by atoms with E-state index in [1.165, 1.54) is 0 Å². The van der Waals surface area contributed by atoms with Gasteiger partial charge in [-0.25, -0.2) is 15.0 Å². The normalized spacial score (nSPS) is 13.1. The fraction of sp³-hybridized carbons (Fsp3) is 0. The minimum Gasteiger partial charge on any atom is -0.456 e. The molecule has 8 aromatic carbocycles. The summed E-state index contributed by atoms with van der Waals surface area (Å²) in [5.41, 5.74) is 8.40. The van der Waals surface area contributed by atoms with Crippen molar-refractivity contribution in [2.24, 2.45) is 0 Å². The molecule has 0 aliphatic rings. The van der Waals surface area contributed by atoms with Gasteiger partial charge in [0.15, 0.2) is 17.5 Å². The predicted molar refractivity (Wildman–Crippen MR) is 230 cm³/mol. The summed E-state index contributed by atoms with van der Waals surface area (Å²) in [6.45, 7) is 0. The summed E-state index contributed by atoms with van der Waals surface area (Å²) in [5, 5.41) is 5.79. The highest BCUT2D eigenvalue weighted by Gasteiger charge is 2.22. The average Bonchev–Trinajstić information content (AvgIpc) is 3.99. The van der Waals surface area contributed by atoms with Gasteiger partial charge >= 0.3 is 0 Å². The van der Waals surface area contributed by atoms with Gasteiger partial charge in [-0.2, -0.15) is 0 Å². The van der Waals surface area contributed by atoms with E-state index in [1.54, 1.807) is 0 Å². The van der Waals surface area contributed by atoms with Gasteiger partial charge in [-0.3, -0.25) is 0 Å². The molecule has 0 aliphatic carbocycles. The van der Waals surface area contributed by atoms with E-state index in [9.17, 15) is 0 Å². The number of furan rings is 2. The second-order valence-electron chi connectivity index (χ2n) is 14.0. The van der Waals surface area contributed by atoms with Crippen molar-refractivity contribution in [1.29, 1.82) is 0 Å². The highest BCUT2D eigenvalue weighted by molar-refractivity contribution is 6.13. The van der Waals surface area contributed by atoms with Crippen molar-refractivity contribution in [3.63, 3.8) is 0 Å². The molecule has 0 spiro atoms. The van der Waals surface area contributed by atoms with Crippen molar-refractivity contribution >= 4 is 65.7 Å². The number of aromatic nitrogens is 4. The van der Waals surface area contributed by atoms with Gasteiger partial charge in [0.2, 0.25) is 0 Å². The Bertz CT molecular complexity index is 3750. The quantitative estimate of drug-likeness (QED) is 0.176. The van der Waals surface area contributed by atoms with Crippen LogP contribution in [0.5, 0.6) is 0 Å². The number of rotatable bonds is 5. The molecule has 0 N–H and O–H groups in total. The Kier molecular flexibility index (Phi) is 5.82. The predicted octanol–water partition coefficient (Wildman–Crippen LogP) is 13.4. The summed E-state index contributed by atoms with van der Waals surface area (Å²) < 4.78 is 58.7. The summed E-state index contributed by atoms with van der Waals surface area (Å²) in [7, 11) is 0. The maximum Gasteiger partial charge on any atom is 0.167 e. The molecule has 0 atom stereocenters. The molecular formula is C51H30N4O2. The van der Waals surface area contributed by atoms with Gasteiger partial charge < -0.3 is 13.4 Å². The lowest BCUT2D eigenvalue weighted by atomic mass is 10.0. The summed E-state index contributed by atoms with van der Waals surface area (Å²) in [6, 6.07) is 48.2. The van der Waals surface area contributed by atoms with Crippen LogP contribution in [0.15, 0.2) is 191 Å². The van der Waals surface area contributed by atoms with Gasteiger partial charge in [0.05, 0.1) is 23.5 Å². The zero-order valence-corrected chi connectivity index (χ0v) is 30.0. The molecule has 266 valence electrons. The van der Waals surface area contributed by atoms with E-state index in [1.807, 2.05) is 97.1 Å². The summed E-state index contributed by atoms with van der Waals surface area (Å²) in [4.78, 5) is 15.0. The van der Waals surface area contributed by atoms with Crippen molar-refractivity contribution in [2.75, 3.05) is 0 Å². The SMILES string of the molecule is [2H]c1c([2H])c([2H])c(-c2nc(-c3ccc4c(c3)oc3ccccc34)nc(-c3cc(-n4c5ccccc5c5ccccc54)cc4c3oc3cc(-c5ccccc5)ccc34)n2)c([2H])c1[2H]. The van der Waals surface area contributed by atoms with E-state index >= 15 is 0 Å². The van der Waals surface area contributed by atoms with Crippen LogP contribution in [0.2, 0.25) is 0 Å². The van der Waals surface area contributed by atoms with Crippen molar-refractivity contribution in [3.05, 3.63) is 182 Å². The first-order valence-corrected chi connectivity index (χ1v) is 18.6. The minimum atomic E-state index is -0.508. The van der Waals surface area contributed by atoms with E-state index in [0.29, 0.717) is 27.9 Å². The Morgan fingerprint density at radius 3 is 1.75 bits per heavy atom. The van der Waals surface area contributed by atoms with E-state index in [0.717, 1.165) is 65.7 Å². The van der Waals surface area contributed by atoms with Crippen molar-refractivity contribution in [2.45, 2.75) is 0 Å². The molecular weight excluding hydrogens is 701 g/mol. The third kappa shape index (κ3) is 5.01. The standard InChI is InChI=1S/C51H30N4O2/c1-3-13-31(14-4-1)33-23-25-40-41-29-35(55-43-20-10-7-17-36(43)37-18-8-11-21-44(37)55)30-42(48(41)57-47(40)27-33)51-53-49(32-15-5-2-6-16-32)52-50(54-51)34-24-26-39-38-19-9-12-22-45(38)56-46(39)28-34/h1-30H/i2D,5D,6D,15D,16D. The molecule has 0 fully saturated rings. The zero-order chi connectivity index (χ0) is 41.8. The number of hydrogen-bond donors (Lipinski definition) is 0. The van der Waals surface area contributed by atoms with E-state index in [4.69, 9.17) is 30.6 Å². The molecule has 0 aliphatic heterocycles. The van der Waals surface area contributed by atoms with Crippen LogP contribution >= 0.6 is 0 Å². The van der Waals surface area contributed by atoms with Gasteiger partial charge in [0, 0.05) is 49.1 Å². The summed E-state index contributed by atoms with van der Waals surface area (Å²) >= 11 is 0. The zero-order valence-electron chi connectivity index (χ0n) is 35.0. The lowest BCUT2D eigenvalue weighted by molar-refractivity contribution is 0.668. The van der Waals surface area contributed by atoms with Gasteiger partial charge in [0.25, 0.3) is 0 Å². The number of para-hydroxylation sites is 3. The van der Waals surface area contributed by atoms with Crippen LogP contribution in [0, 0.1) is 0 Å². The third-order valence-corrected chi connectivity index (χ3v) is 10.7. The maximum atomic E-state index is 8.96. The maximum absolute atomic E-state index is 8.96. The number of fused-ring (bicyclic) bond motifs is 9. The van der Waals surface area contributed by atoms with E-state index < -0.39 is 30.2 Å². The van der Waals surface area contributed by atoms with Crippen LogP contribution in [0.1, 0.15) is 6.85 Å². The van der Waals surface area contributed by atoms with Crippen LogP contribution in [0.3, 0.4) is 0 Å². The molecule has 6 heteroatoms. The Morgan fingerprint density at radius 2 is 0.982 bits per heavy atom. The fourth-order valence-corrected chi connectivity index (χ4v) is 8.13. The molecule has 12 aromatic rings. The molecule has 0 unspecified atom stereocenters. The number of hydrogen-bond acceptors (Lipinski definition) is 5. The van der Waals surface area contributed by atoms with Crippen LogP contribution in [0.25, 0.3) is 117 Å². The van der Waals surface area contributed by atoms with Gasteiger partial charge in [-0.15, -0.1) is 0 Å². The number of nitrogens with zero attached hydrogens (tertiary/aromatic N) is 4. The largest absolute Gasteiger partial charge is 0.456 e. The molecule has 0 amide bonds. The first-order valence-electron chi connectivity index (χ1n) is 21.1. The lowest BCUT2D eigenvalue weighted by Gasteiger charge is -2.12. The van der Waals surface area contributed by atoms with Crippen LogP contribution in [-0.2, 0) is 0 Å². The van der Waals surface area contributed by atoms with Gasteiger partial charge in [0.1, 0.15) is 22.3 Å². The molecule has 57 heavy (non-hydrogen) atoms. The second-order valence-corrected chi connectivity index (χ2v) is 14.0. The fourth-order valence-electron chi connectivity index (χ4n) is 8.13. The van der Waals surface area contributed by atoms with Crippen molar-refractivity contribution in [1.82, 2.24) is 19.5 Å². The van der Waals surface area contributed by atoms with Crippen LogP contribution < -0.4 is 0 Å². The monoisotopic (exact) mass is 735 g/mol. The van der Waals surface area contributed by atoms with E-state index in [-0.39, 0.29) is 23.0 Å². The van der Waals surface area contributed by atoms with Gasteiger partial charge in [-0.1, -0.05) is 127 Å². The molecule has 12 rings (SSSR count). The van der Waals surface area contributed by atoms with E-state index in [2.05, 4.69) is 59.2 Å². The second kappa shape index (κ2) is 12.3. The third-order valence-electron chi connectivity index (χ3n) is 10.7. The molecule has 0 saturated carbocycles. The van der Waals surface area contributed by atoms with Gasteiger partial charge in [-0.05, 0) is 65.7 Å². The Labute approximate surface area is 332 Å².